The number of aliphatic hydroxyl groups is 1. The van der Waals surface area contributed by atoms with E-state index >= 15 is 0 Å². The average molecular weight is 191 g/mol. The lowest BCUT2D eigenvalue weighted by Gasteiger charge is -2.26. The van der Waals surface area contributed by atoms with Gasteiger partial charge in [-0.25, -0.2) is 0 Å². The molecule has 0 spiro atoms. The lowest BCUT2D eigenvalue weighted by molar-refractivity contribution is 0.151. The molecule has 0 aromatic carbocycles. The average Bonchev–Trinajstić information content (AvgIpc) is 2.16. The van der Waals surface area contributed by atoms with Crippen LogP contribution in [-0.2, 0) is 6.42 Å². The van der Waals surface area contributed by atoms with Crippen molar-refractivity contribution in [1.82, 2.24) is 4.98 Å². The summed E-state index contributed by atoms with van der Waals surface area (Å²) in [6, 6.07) is 2.21. The zero-order chi connectivity index (χ0) is 10.1. The summed E-state index contributed by atoms with van der Waals surface area (Å²) in [6.07, 6.45) is 4.99. The predicted molar refractivity (Wildman–Crippen MR) is 56.3 cm³/mol. The minimum atomic E-state index is -0.274. The molecule has 0 radical (unpaired) electrons. The van der Waals surface area contributed by atoms with E-state index in [1.165, 1.54) is 17.5 Å². The SMILES string of the molecule is Cc1cnc2c(c1)CCCC2C(C)O. The molecule has 1 aliphatic carbocycles. The maximum atomic E-state index is 9.65. The van der Waals surface area contributed by atoms with Crippen LogP contribution >= 0.6 is 0 Å². The van der Waals surface area contributed by atoms with E-state index in [2.05, 4.69) is 18.0 Å². The Hall–Kier alpha value is -0.890. The van der Waals surface area contributed by atoms with Gasteiger partial charge in [-0.1, -0.05) is 6.07 Å². The van der Waals surface area contributed by atoms with Crippen LogP contribution in [0.4, 0.5) is 0 Å². The van der Waals surface area contributed by atoms with Gasteiger partial charge in [0.25, 0.3) is 0 Å². The van der Waals surface area contributed by atoms with E-state index < -0.39 is 0 Å². The fourth-order valence-electron chi connectivity index (χ4n) is 2.29. The van der Waals surface area contributed by atoms with E-state index in [1.54, 1.807) is 0 Å². The highest BCUT2D eigenvalue weighted by Gasteiger charge is 2.25. The maximum absolute atomic E-state index is 9.65. The molecule has 1 aromatic rings. The van der Waals surface area contributed by atoms with Gasteiger partial charge in [-0.15, -0.1) is 0 Å². The van der Waals surface area contributed by atoms with Crippen LogP contribution < -0.4 is 0 Å². The van der Waals surface area contributed by atoms with Gasteiger partial charge in [0.05, 0.1) is 6.10 Å². The molecule has 0 fully saturated rings. The monoisotopic (exact) mass is 191 g/mol. The van der Waals surface area contributed by atoms with Crippen LogP contribution in [0, 0.1) is 6.92 Å². The van der Waals surface area contributed by atoms with Crippen molar-refractivity contribution in [2.24, 2.45) is 0 Å². The fourth-order valence-corrected chi connectivity index (χ4v) is 2.29. The molecule has 14 heavy (non-hydrogen) atoms. The molecule has 1 aromatic heterocycles. The summed E-state index contributed by atoms with van der Waals surface area (Å²) in [5, 5.41) is 9.65. The summed E-state index contributed by atoms with van der Waals surface area (Å²) in [4.78, 5) is 4.46. The van der Waals surface area contributed by atoms with Gasteiger partial charge in [0.1, 0.15) is 0 Å². The predicted octanol–water partition coefficient (Wildman–Crippen LogP) is 2.19. The highest BCUT2D eigenvalue weighted by atomic mass is 16.3. The Morgan fingerprint density at radius 1 is 1.57 bits per heavy atom. The Morgan fingerprint density at radius 3 is 3.07 bits per heavy atom. The van der Waals surface area contributed by atoms with Crippen molar-refractivity contribution >= 4 is 0 Å². The van der Waals surface area contributed by atoms with Crippen molar-refractivity contribution in [2.45, 2.75) is 45.1 Å². The number of aryl methyl sites for hydroxylation is 2. The molecule has 2 rings (SSSR count). The summed E-state index contributed by atoms with van der Waals surface area (Å²) >= 11 is 0. The van der Waals surface area contributed by atoms with Crippen LogP contribution in [0.3, 0.4) is 0 Å². The molecule has 1 heterocycles. The molecule has 0 saturated carbocycles. The highest BCUT2D eigenvalue weighted by Crippen LogP contribution is 2.32. The summed E-state index contributed by atoms with van der Waals surface area (Å²) in [5.74, 6) is 0.249. The molecule has 1 aliphatic rings. The zero-order valence-corrected chi connectivity index (χ0v) is 8.83. The molecule has 2 heteroatoms. The summed E-state index contributed by atoms with van der Waals surface area (Å²) in [6.45, 7) is 3.93. The van der Waals surface area contributed by atoms with Gasteiger partial charge in [0.2, 0.25) is 0 Å². The maximum Gasteiger partial charge on any atom is 0.0595 e. The Kier molecular flexibility index (Phi) is 2.55. The molecule has 76 valence electrons. The summed E-state index contributed by atoms with van der Waals surface area (Å²) in [5.41, 5.74) is 3.67. The molecule has 0 amide bonds. The van der Waals surface area contributed by atoms with Gasteiger partial charge in [-0.2, -0.15) is 0 Å². The molecule has 1 N–H and O–H groups in total. The normalized spacial score (nSPS) is 22.9. The molecule has 0 aliphatic heterocycles. The van der Waals surface area contributed by atoms with Crippen molar-refractivity contribution in [3.63, 3.8) is 0 Å². The van der Waals surface area contributed by atoms with Crippen molar-refractivity contribution in [2.75, 3.05) is 0 Å². The second kappa shape index (κ2) is 3.70. The van der Waals surface area contributed by atoms with Crippen LogP contribution in [0.15, 0.2) is 12.3 Å². The fraction of sp³-hybridized carbons (Fsp3) is 0.583. The lowest BCUT2D eigenvalue weighted by Crippen LogP contribution is -2.21. The van der Waals surface area contributed by atoms with Gasteiger partial charge in [-0.3, -0.25) is 4.98 Å². The first-order valence-electron chi connectivity index (χ1n) is 5.32. The standard InChI is InChI=1S/C12H17NO/c1-8-6-10-4-3-5-11(9(2)14)12(10)13-7-8/h6-7,9,11,14H,3-5H2,1-2H3. The van der Waals surface area contributed by atoms with E-state index in [0.29, 0.717) is 0 Å². The Balaban J connectivity index is 2.40. The molecular weight excluding hydrogens is 174 g/mol. The largest absolute Gasteiger partial charge is 0.393 e. The third kappa shape index (κ3) is 1.67. The molecule has 2 nitrogen and oxygen atoms in total. The van der Waals surface area contributed by atoms with E-state index in [4.69, 9.17) is 0 Å². The Bertz CT molecular complexity index is 333. The van der Waals surface area contributed by atoms with Crippen LogP contribution in [-0.4, -0.2) is 16.2 Å². The molecule has 2 atom stereocenters. The summed E-state index contributed by atoms with van der Waals surface area (Å²) in [7, 11) is 0. The van der Waals surface area contributed by atoms with E-state index in [1.807, 2.05) is 13.1 Å². The number of aliphatic hydroxyl groups excluding tert-OH is 1. The first kappa shape index (κ1) is 9.66. The van der Waals surface area contributed by atoms with Crippen LogP contribution in [0.2, 0.25) is 0 Å². The van der Waals surface area contributed by atoms with Crippen LogP contribution in [0.1, 0.15) is 42.5 Å². The van der Waals surface area contributed by atoms with Gasteiger partial charge in [-0.05, 0) is 44.2 Å². The van der Waals surface area contributed by atoms with Gasteiger partial charge in [0, 0.05) is 17.8 Å². The second-order valence-electron chi connectivity index (χ2n) is 4.30. The van der Waals surface area contributed by atoms with Crippen LogP contribution in [0.25, 0.3) is 0 Å². The van der Waals surface area contributed by atoms with Crippen LogP contribution in [0.5, 0.6) is 0 Å². The quantitative estimate of drug-likeness (QED) is 0.738. The number of pyridine rings is 1. The molecule has 0 saturated heterocycles. The topological polar surface area (TPSA) is 33.1 Å². The first-order chi connectivity index (χ1) is 6.68. The summed E-state index contributed by atoms with van der Waals surface area (Å²) < 4.78 is 0. The number of rotatable bonds is 1. The third-order valence-corrected chi connectivity index (χ3v) is 3.03. The first-order valence-corrected chi connectivity index (χ1v) is 5.32. The smallest absolute Gasteiger partial charge is 0.0595 e. The zero-order valence-electron chi connectivity index (χ0n) is 8.83. The number of hydrogen-bond donors (Lipinski definition) is 1. The van der Waals surface area contributed by atoms with Crippen molar-refractivity contribution in [1.29, 1.82) is 0 Å². The van der Waals surface area contributed by atoms with Gasteiger partial charge >= 0.3 is 0 Å². The van der Waals surface area contributed by atoms with E-state index in [-0.39, 0.29) is 12.0 Å². The van der Waals surface area contributed by atoms with Crippen molar-refractivity contribution in [3.8, 4) is 0 Å². The number of fused-ring (bicyclic) bond motifs is 1. The molecule has 0 bridgehead atoms. The van der Waals surface area contributed by atoms with Gasteiger partial charge in [0.15, 0.2) is 0 Å². The molecule has 2 unspecified atom stereocenters. The number of hydrogen-bond acceptors (Lipinski definition) is 2. The lowest BCUT2D eigenvalue weighted by atomic mass is 9.83. The molecular formula is C12H17NO. The Morgan fingerprint density at radius 2 is 2.36 bits per heavy atom. The highest BCUT2D eigenvalue weighted by molar-refractivity contribution is 5.30. The van der Waals surface area contributed by atoms with Gasteiger partial charge < -0.3 is 5.11 Å². The number of nitrogens with zero attached hydrogens (tertiary/aromatic N) is 1. The Labute approximate surface area is 85.0 Å². The van der Waals surface area contributed by atoms with Crippen molar-refractivity contribution in [3.05, 3.63) is 29.1 Å². The minimum absolute atomic E-state index is 0.249. The minimum Gasteiger partial charge on any atom is -0.393 e. The third-order valence-electron chi connectivity index (χ3n) is 3.03. The number of aromatic nitrogens is 1. The van der Waals surface area contributed by atoms with E-state index in [9.17, 15) is 5.11 Å². The van der Waals surface area contributed by atoms with Crippen molar-refractivity contribution < 1.29 is 5.11 Å². The second-order valence-corrected chi connectivity index (χ2v) is 4.30. The van der Waals surface area contributed by atoms with E-state index in [0.717, 1.165) is 18.5 Å².